The molecule has 0 bridgehead atoms. The summed E-state index contributed by atoms with van der Waals surface area (Å²) in [7, 11) is 0. The molecule has 0 saturated carbocycles. The number of anilines is 1. The molecule has 3 aromatic rings. The van der Waals surface area contributed by atoms with Gasteiger partial charge in [-0.3, -0.25) is 14.7 Å². The molecule has 0 spiro atoms. The molecule has 0 aliphatic rings. The lowest BCUT2D eigenvalue weighted by Crippen LogP contribution is -2.14. The first kappa shape index (κ1) is 19.2. The normalized spacial score (nSPS) is 11.6. The van der Waals surface area contributed by atoms with Gasteiger partial charge in [0, 0.05) is 23.9 Å². The summed E-state index contributed by atoms with van der Waals surface area (Å²) in [6.45, 7) is 10.2. The summed E-state index contributed by atoms with van der Waals surface area (Å²) in [5.41, 5.74) is 4.08. The Morgan fingerprint density at radius 3 is 2.74 bits per heavy atom. The number of amides is 1. The molecule has 3 rings (SSSR count). The second-order valence-electron chi connectivity index (χ2n) is 7.53. The van der Waals surface area contributed by atoms with Gasteiger partial charge in [-0.15, -0.1) is 0 Å². The highest BCUT2D eigenvalue weighted by molar-refractivity contribution is 7.99. The van der Waals surface area contributed by atoms with E-state index in [1.807, 2.05) is 31.5 Å². The number of rotatable bonds is 5. The Labute approximate surface area is 163 Å². The largest absolute Gasteiger partial charge is 0.338 e. The second kappa shape index (κ2) is 7.60. The molecule has 0 atom stereocenters. The summed E-state index contributed by atoms with van der Waals surface area (Å²) in [4.78, 5) is 16.7. The Hall–Kier alpha value is -2.54. The van der Waals surface area contributed by atoms with E-state index in [9.17, 15) is 4.79 Å². The summed E-state index contributed by atoms with van der Waals surface area (Å²) in [5, 5.41) is 7.53. The quantitative estimate of drug-likeness (QED) is 0.656. The molecule has 0 radical (unpaired) electrons. The fourth-order valence-electron chi connectivity index (χ4n) is 2.55. The standard InChI is InChI=1S/C20H24N4O2S/c1-13-6-7-14(2)15(10-13)24-9-8-21-19(24)27-12-17(25)22-18-11-16(23-26-18)20(3,4)5/h6-11H,12H2,1-5H3,(H,22,25). The first-order valence-electron chi connectivity index (χ1n) is 8.75. The highest BCUT2D eigenvalue weighted by atomic mass is 32.2. The maximum atomic E-state index is 12.3. The van der Waals surface area contributed by atoms with Crippen LogP contribution >= 0.6 is 11.8 Å². The molecule has 6 nitrogen and oxygen atoms in total. The number of carbonyl (C=O) groups excluding carboxylic acids is 1. The van der Waals surface area contributed by atoms with Gasteiger partial charge >= 0.3 is 0 Å². The van der Waals surface area contributed by atoms with Crippen molar-refractivity contribution in [3.63, 3.8) is 0 Å². The third kappa shape index (κ3) is 4.60. The van der Waals surface area contributed by atoms with Crippen molar-refractivity contribution in [2.75, 3.05) is 11.1 Å². The molecule has 142 valence electrons. The zero-order valence-corrected chi connectivity index (χ0v) is 17.1. The van der Waals surface area contributed by atoms with Crippen molar-refractivity contribution in [3.05, 3.63) is 53.5 Å². The predicted molar refractivity (Wildman–Crippen MR) is 108 cm³/mol. The molecule has 1 aromatic carbocycles. The van der Waals surface area contributed by atoms with Gasteiger partial charge < -0.3 is 4.52 Å². The monoisotopic (exact) mass is 384 g/mol. The second-order valence-corrected chi connectivity index (χ2v) is 8.48. The van der Waals surface area contributed by atoms with Gasteiger partial charge in [-0.1, -0.05) is 49.8 Å². The maximum absolute atomic E-state index is 12.3. The summed E-state index contributed by atoms with van der Waals surface area (Å²) in [5.74, 6) is 0.434. The average Bonchev–Trinajstić information content (AvgIpc) is 3.24. The molecule has 1 N–H and O–H groups in total. The number of thioether (sulfide) groups is 1. The summed E-state index contributed by atoms with van der Waals surface area (Å²) < 4.78 is 7.22. The van der Waals surface area contributed by atoms with Crippen molar-refractivity contribution in [1.82, 2.24) is 14.7 Å². The Bertz CT molecular complexity index is 953. The van der Waals surface area contributed by atoms with Crippen LogP contribution in [-0.4, -0.2) is 26.4 Å². The molecular formula is C20H24N4O2S. The van der Waals surface area contributed by atoms with Crippen molar-refractivity contribution in [1.29, 1.82) is 0 Å². The SMILES string of the molecule is Cc1ccc(C)c(-n2ccnc2SCC(=O)Nc2cc(C(C)(C)C)no2)c1. The van der Waals surface area contributed by atoms with Gasteiger partial charge in [0.15, 0.2) is 5.16 Å². The van der Waals surface area contributed by atoms with E-state index in [2.05, 4.69) is 47.5 Å². The topological polar surface area (TPSA) is 73.0 Å². The number of nitrogens with one attached hydrogen (secondary N) is 1. The first-order chi connectivity index (χ1) is 12.7. The minimum Gasteiger partial charge on any atom is -0.338 e. The zero-order chi connectivity index (χ0) is 19.6. The van der Waals surface area contributed by atoms with Crippen molar-refractivity contribution in [2.45, 2.75) is 45.2 Å². The van der Waals surface area contributed by atoms with Crippen molar-refractivity contribution < 1.29 is 9.32 Å². The van der Waals surface area contributed by atoms with Gasteiger partial charge in [0.05, 0.1) is 17.1 Å². The molecule has 0 aliphatic carbocycles. The van der Waals surface area contributed by atoms with E-state index < -0.39 is 0 Å². The molecule has 0 aliphatic heterocycles. The lowest BCUT2D eigenvalue weighted by molar-refractivity contribution is -0.113. The summed E-state index contributed by atoms with van der Waals surface area (Å²) in [6.07, 6.45) is 3.65. The van der Waals surface area contributed by atoms with Gasteiger partial charge in [0.2, 0.25) is 11.8 Å². The van der Waals surface area contributed by atoms with E-state index >= 15 is 0 Å². The van der Waals surface area contributed by atoms with Crippen molar-refractivity contribution in [3.8, 4) is 5.69 Å². The number of hydrogen-bond acceptors (Lipinski definition) is 5. The minimum absolute atomic E-state index is 0.127. The number of carbonyl (C=O) groups is 1. The smallest absolute Gasteiger partial charge is 0.237 e. The molecule has 1 amide bonds. The predicted octanol–water partition coefficient (Wildman–Crippen LogP) is 4.51. The van der Waals surface area contributed by atoms with Crippen LogP contribution in [0.4, 0.5) is 5.88 Å². The zero-order valence-electron chi connectivity index (χ0n) is 16.2. The lowest BCUT2D eigenvalue weighted by atomic mass is 9.92. The Morgan fingerprint density at radius 1 is 1.26 bits per heavy atom. The molecule has 7 heteroatoms. The number of hydrogen-bond donors (Lipinski definition) is 1. The highest BCUT2D eigenvalue weighted by Gasteiger charge is 2.20. The van der Waals surface area contributed by atoms with E-state index in [-0.39, 0.29) is 17.1 Å². The minimum atomic E-state index is -0.160. The van der Waals surface area contributed by atoms with E-state index in [1.165, 1.54) is 17.3 Å². The van der Waals surface area contributed by atoms with Gasteiger partial charge in [-0.2, -0.15) is 0 Å². The number of nitrogens with zero attached hydrogens (tertiary/aromatic N) is 3. The fraction of sp³-hybridized carbons (Fsp3) is 0.350. The third-order valence-corrected chi connectivity index (χ3v) is 5.07. The molecule has 0 fully saturated rings. The molecule has 2 heterocycles. The van der Waals surface area contributed by atoms with Crippen LogP contribution in [0.25, 0.3) is 5.69 Å². The van der Waals surface area contributed by atoms with E-state index in [4.69, 9.17) is 4.52 Å². The van der Waals surface area contributed by atoms with E-state index in [0.29, 0.717) is 5.88 Å². The first-order valence-corrected chi connectivity index (χ1v) is 9.73. The van der Waals surface area contributed by atoms with Crippen LogP contribution in [0.5, 0.6) is 0 Å². The van der Waals surface area contributed by atoms with E-state index in [0.717, 1.165) is 22.1 Å². The highest BCUT2D eigenvalue weighted by Crippen LogP contribution is 2.25. The number of benzene rings is 1. The van der Waals surface area contributed by atoms with Gasteiger partial charge in [-0.05, 0) is 31.0 Å². The maximum Gasteiger partial charge on any atom is 0.237 e. The Morgan fingerprint density at radius 2 is 2.04 bits per heavy atom. The number of aromatic nitrogens is 3. The summed E-state index contributed by atoms with van der Waals surface area (Å²) in [6, 6.07) is 8.05. The van der Waals surface area contributed by atoms with Gasteiger partial charge in [0.1, 0.15) is 0 Å². The Balaban J connectivity index is 1.66. The van der Waals surface area contributed by atoms with Crippen LogP contribution < -0.4 is 5.32 Å². The molecule has 27 heavy (non-hydrogen) atoms. The van der Waals surface area contributed by atoms with Crippen LogP contribution in [0, 0.1) is 13.8 Å². The van der Waals surface area contributed by atoms with E-state index in [1.54, 1.807) is 12.3 Å². The van der Waals surface area contributed by atoms with Crippen LogP contribution in [-0.2, 0) is 10.2 Å². The van der Waals surface area contributed by atoms with Crippen LogP contribution in [0.3, 0.4) is 0 Å². The van der Waals surface area contributed by atoms with Crippen LogP contribution in [0.2, 0.25) is 0 Å². The average molecular weight is 385 g/mol. The van der Waals surface area contributed by atoms with Crippen molar-refractivity contribution in [2.24, 2.45) is 0 Å². The van der Waals surface area contributed by atoms with Gasteiger partial charge in [0.25, 0.3) is 0 Å². The summed E-state index contributed by atoms with van der Waals surface area (Å²) >= 11 is 1.38. The molecule has 0 unspecified atom stereocenters. The van der Waals surface area contributed by atoms with Crippen molar-refractivity contribution >= 4 is 23.6 Å². The molecular weight excluding hydrogens is 360 g/mol. The number of imidazole rings is 1. The fourth-order valence-corrected chi connectivity index (χ4v) is 3.32. The third-order valence-electron chi connectivity index (χ3n) is 4.10. The lowest BCUT2D eigenvalue weighted by Gasteiger charge is -2.12. The molecule has 0 saturated heterocycles. The van der Waals surface area contributed by atoms with Crippen LogP contribution in [0.15, 0.2) is 46.3 Å². The van der Waals surface area contributed by atoms with Crippen LogP contribution in [0.1, 0.15) is 37.6 Å². The Kier molecular flexibility index (Phi) is 5.41. The molecule has 2 aromatic heterocycles. The van der Waals surface area contributed by atoms with Gasteiger partial charge in [-0.25, -0.2) is 4.98 Å². The number of aryl methyl sites for hydroxylation is 2.